The lowest BCUT2D eigenvalue weighted by atomic mass is 10.2. The molecule has 2 aromatic heterocycles. The molecular formula is C12H15ClN4O. The van der Waals surface area contributed by atoms with Gasteiger partial charge in [0.05, 0.1) is 12.2 Å². The lowest BCUT2D eigenvalue weighted by molar-refractivity contribution is 0.608. The van der Waals surface area contributed by atoms with Gasteiger partial charge in [-0.05, 0) is 6.07 Å². The fraction of sp³-hybridized carbons (Fsp3) is 0.417. The normalized spacial score (nSPS) is 11.2. The second-order valence-electron chi connectivity index (χ2n) is 4.50. The molecule has 0 saturated heterocycles. The summed E-state index contributed by atoms with van der Waals surface area (Å²) in [6.07, 6.45) is 1.85. The number of aromatic nitrogens is 4. The van der Waals surface area contributed by atoms with Crippen LogP contribution in [0.25, 0.3) is 0 Å². The van der Waals surface area contributed by atoms with Gasteiger partial charge in [-0.1, -0.05) is 25.4 Å². The Morgan fingerprint density at radius 1 is 1.44 bits per heavy atom. The Morgan fingerprint density at radius 2 is 2.17 bits per heavy atom. The Hall–Kier alpha value is -1.62. The van der Waals surface area contributed by atoms with Crippen LogP contribution < -0.4 is 5.56 Å². The van der Waals surface area contributed by atoms with Crippen LogP contribution in [0, 0.1) is 0 Å². The number of nitrogens with zero attached hydrogens (tertiary/aromatic N) is 4. The zero-order valence-electron chi connectivity index (χ0n) is 10.6. The van der Waals surface area contributed by atoms with Crippen LogP contribution >= 0.6 is 11.6 Å². The quantitative estimate of drug-likeness (QED) is 0.796. The monoisotopic (exact) mass is 266 g/mol. The van der Waals surface area contributed by atoms with Crippen LogP contribution in [-0.4, -0.2) is 19.3 Å². The number of aryl methyl sites for hydroxylation is 1. The number of halogens is 1. The lowest BCUT2D eigenvalue weighted by Crippen LogP contribution is -2.26. The molecule has 0 N–H and O–H groups in total. The van der Waals surface area contributed by atoms with Crippen molar-refractivity contribution in [3.63, 3.8) is 0 Å². The predicted octanol–water partition coefficient (Wildman–Crippen LogP) is 1.80. The van der Waals surface area contributed by atoms with Crippen molar-refractivity contribution in [2.45, 2.75) is 26.3 Å². The smallest absolute Gasteiger partial charge is 0.255 e. The van der Waals surface area contributed by atoms with Crippen LogP contribution in [0.3, 0.4) is 0 Å². The molecule has 0 fully saturated rings. The van der Waals surface area contributed by atoms with Gasteiger partial charge in [0.1, 0.15) is 11.0 Å². The highest BCUT2D eigenvalue weighted by Crippen LogP contribution is 2.13. The highest BCUT2D eigenvalue weighted by molar-refractivity contribution is 6.29. The molecule has 0 unspecified atom stereocenters. The number of hydrogen-bond acceptors (Lipinski definition) is 3. The summed E-state index contributed by atoms with van der Waals surface area (Å²) in [6, 6.07) is 3.21. The van der Waals surface area contributed by atoms with Crippen molar-refractivity contribution < 1.29 is 0 Å². The Bertz CT molecular complexity index is 615. The van der Waals surface area contributed by atoms with Crippen LogP contribution in [-0.2, 0) is 13.6 Å². The fourth-order valence-corrected chi connectivity index (χ4v) is 1.98. The van der Waals surface area contributed by atoms with E-state index in [2.05, 4.69) is 10.1 Å². The van der Waals surface area contributed by atoms with Gasteiger partial charge in [-0.25, -0.2) is 4.98 Å². The van der Waals surface area contributed by atoms with Crippen molar-refractivity contribution in [2.24, 2.45) is 7.05 Å². The molecule has 6 heteroatoms. The standard InChI is InChI=1S/C12H15ClN4O/c1-8(2)12-14-10(13)6-11(18)17(12)7-9-4-5-16(3)15-9/h4-6,8H,7H2,1-3H3. The van der Waals surface area contributed by atoms with Crippen LogP contribution in [0.5, 0.6) is 0 Å². The summed E-state index contributed by atoms with van der Waals surface area (Å²) < 4.78 is 3.32. The average Bonchev–Trinajstić information content (AvgIpc) is 2.67. The topological polar surface area (TPSA) is 52.7 Å². The Labute approximate surface area is 110 Å². The molecule has 0 aliphatic heterocycles. The van der Waals surface area contributed by atoms with Gasteiger partial charge >= 0.3 is 0 Å². The zero-order chi connectivity index (χ0) is 13.3. The van der Waals surface area contributed by atoms with Crippen molar-refractivity contribution in [3.05, 3.63) is 45.4 Å². The first-order chi connectivity index (χ1) is 8.47. The molecule has 96 valence electrons. The minimum absolute atomic E-state index is 0.125. The number of hydrogen-bond donors (Lipinski definition) is 0. The van der Waals surface area contributed by atoms with Crippen molar-refractivity contribution >= 4 is 11.6 Å². The van der Waals surface area contributed by atoms with Crippen molar-refractivity contribution in [3.8, 4) is 0 Å². The van der Waals surface area contributed by atoms with Gasteiger partial charge in [-0.3, -0.25) is 14.0 Å². The predicted molar refractivity (Wildman–Crippen MR) is 69.9 cm³/mol. The highest BCUT2D eigenvalue weighted by Gasteiger charge is 2.12. The van der Waals surface area contributed by atoms with E-state index in [1.165, 1.54) is 6.07 Å². The Kier molecular flexibility index (Phi) is 3.52. The van der Waals surface area contributed by atoms with Crippen LogP contribution in [0.4, 0.5) is 0 Å². The average molecular weight is 267 g/mol. The Morgan fingerprint density at radius 3 is 2.72 bits per heavy atom. The Balaban J connectivity index is 2.46. The first-order valence-corrected chi connectivity index (χ1v) is 6.11. The fourth-order valence-electron chi connectivity index (χ4n) is 1.80. The summed E-state index contributed by atoms with van der Waals surface area (Å²) >= 11 is 5.83. The molecular weight excluding hydrogens is 252 g/mol. The molecule has 0 spiro atoms. The molecule has 18 heavy (non-hydrogen) atoms. The van der Waals surface area contributed by atoms with E-state index in [1.54, 1.807) is 9.25 Å². The van der Waals surface area contributed by atoms with Gasteiger partial charge in [-0.2, -0.15) is 5.10 Å². The van der Waals surface area contributed by atoms with Crippen molar-refractivity contribution in [1.29, 1.82) is 0 Å². The van der Waals surface area contributed by atoms with Gasteiger partial charge in [-0.15, -0.1) is 0 Å². The maximum absolute atomic E-state index is 12.0. The minimum atomic E-state index is -0.149. The molecule has 0 aliphatic carbocycles. The van der Waals surface area contributed by atoms with Gasteiger partial charge in [0.15, 0.2) is 0 Å². The van der Waals surface area contributed by atoms with Gasteiger partial charge in [0.25, 0.3) is 5.56 Å². The third-order valence-corrected chi connectivity index (χ3v) is 2.81. The molecule has 0 bridgehead atoms. The first-order valence-electron chi connectivity index (χ1n) is 5.73. The van der Waals surface area contributed by atoms with Crippen LogP contribution in [0.1, 0.15) is 31.3 Å². The summed E-state index contributed by atoms with van der Waals surface area (Å²) in [5.41, 5.74) is 0.676. The summed E-state index contributed by atoms with van der Waals surface area (Å²) in [6.45, 7) is 4.37. The summed E-state index contributed by atoms with van der Waals surface area (Å²) in [4.78, 5) is 16.2. The van der Waals surface area contributed by atoms with E-state index < -0.39 is 0 Å². The van der Waals surface area contributed by atoms with Crippen molar-refractivity contribution in [1.82, 2.24) is 19.3 Å². The first kappa shape index (κ1) is 12.8. The third-order valence-electron chi connectivity index (χ3n) is 2.61. The van der Waals surface area contributed by atoms with Gasteiger partial charge < -0.3 is 0 Å². The molecule has 0 atom stereocenters. The minimum Gasteiger partial charge on any atom is -0.290 e. The second-order valence-corrected chi connectivity index (χ2v) is 4.88. The molecule has 0 aliphatic rings. The van der Waals surface area contributed by atoms with E-state index in [-0.39, 0.29) is 16.6 Å². The van der Waals surface area contributed by atoms with E-state index in [0.717, 1.165) is 5.69 Å². The maximum atomic E-state index is 12.0. The largest absolute Gasteiger partial charge is 0.290 e. The third kappa shape index (κ3) is 2.61. The summed E-state index contributed by atoms with van der Waals surface area (Å²) in [7, 11) is 1.84. The molecule has 2 rings (SSSR count). The van der Waals surface area contributed by atoms with E-state index in [1.807, 2.05) is 33.2 Å². The van der Waals surface area contributed by atoms with E-state index >= 15 is 0 Å². The van der Waals surface area contributed by atoms with Crippen molar-refractivity contribution in [2.75, 3.05) is 0 Å². The molecule has 0 saturated carbocycles. The highest BCUT2D eigenvalue weighted by atomic mass is 35.5. The van der Waals surface area contributed by atoms with Gasteiger partial charge in [0.2, 0.25) is 0 Å². The summed E-state index contributed by atoms with van der Waals surface area (Å²) in [5.74, 6) is 0.804. The van der Waals surface area contributed by atoms with Crippen LogP contribution in [0.2, 0.25) is 5.15 Å². The molecule has 5 nitrogen and oxygen atoms in total. The lowest BCUT2D eigenvalue weighted by Gasteiger charge is -2.13. The molecule has 2 heterocycles. The van der Waals surface area contributed by atoms with Gasteiger partial charge in [0, 0.05) is 25.2 Å². The second kappa shape index (κ2) is 4.94. The van der Waals surface area contributed by atoms with E-state index in [9.17, 15) is 4.79 Å². The maximum Gasteiger partial charge on any atom is 0.255 e. The molecule has 2 aromatic rings. The van der Waals surface area contributed by atoms with Crippen LogP contribution in [0.15, 0.2) is 23.1 Å². The SMILES string of the molecule is CC(C)c1nc(Cl)cc(=O)n1Cc1ccn(C)n1. The zero-order valence-corrected chi connectivity index (χ0v) is 11.3. The molecule has 0 amide bonds. The summed E-state index contributed by atoms with van der Waals surface area (Å²) in [5, 5.41) is 4.50. The van der Waals surface area contributed by atoms with E-state index in [4.69, 9.17) is 11.6 Å². The molecule has 0 radical (unpaired) electrons. The van der Waals surface area contributed by atoms with E-state index in [0.29, 0.717) is 12.4 Å². The molecule has 0 aromatic carbocycles. The number of rotatable bonds is 3.